The maximum absolute atomic E-state index is 12.7. The number of hydrogen-bond acceptors (Lipinski definition) is 7. The lowest BCUT2D eigenvalue weighted by Gasteiger charge is -2.31. The number of nitrogens with zero attached hydrogens (tertiary/aromatic N) is 3. The predicted octanol–water partition coefficient (Wildman–Crippen LogP) is 2.87. The zero-order valence-electron chi connectivity index (χ0n) is 15.3. The molecule has 27 heavy (non-hydrogen) atoms. The number of anilines is 1. The van der Waals surface area contributed by atoms with Crippen LogP contribution in [0.25, 0.3) is 22.2 Å². The summed E-state index contributed by atoms with van der Waals surface area (Å²) in [5.74, 6) is 0.958. The average molecular weight is 367 g/mol. The third-order valence-electron chi connectivity index (χ3n) is 4.94. The zero-order valence-corrected chi connectivity index (χ0v) is 15.3. The number of ether oxygens (including phenoxy) is 2. The van der Waals surface area contributed by atoms with Crippen molar-refractivity contribution in [3.05, 3.63) is 46.9 Å². The molecule has 0 aromatic carbocycles. The van der Waals surface area contributed by atoms with Crippen LogP contribution >= 0.6 is 0 Å². The Morgan fingerprint density at radius 1 is 1.19 bits per heavy atom. The van der Waals surface area contributed by atoms with E-state index >= 15 is 0 Å². The van der Waals surface area contributed by atoms with Crippen molar-refractivity contribution in [3.8, 4) is 17.1 Å². The molecule has 0 amide bonds. The molecule has 0 saturated carbocycles. The van der Waals surface area contributed by atoms with E-state index in [0.717, 1.165) is 12.8 Å². The molecular weight excluding hydrogens is 346 g/mol. The van der Waals surface area contributed by atoms with Gasteiger partial charge in [0.25, 0.3) is 0 Å². The second kappa shape index (κ2) is 7.36. The SMILES string of the molecule is COc1ncccc1-c1nccc2c(=O)cc(N(C)C3CCOCC3)oc12. The highest BCUT2D eigenvalue weighted by atomic mass is 16.5. The first kappa shape index (κ1) is 17.5. The molecule has 3 aromatic rings. The van der Waals surface area contributed by atoms with Crippen molar-refractivity contribution in [1.29, 1.82) is 0 Å². The van der Waals surface area contributed by atoms with Gasteiger partial charge in [-0.05, 0) is 31.0 Å². The zero-order chi connectivity index (χ0) is 18.8. The summed E-state index contributed by atoms with van der Waals surface area (Å²) >= 11 is 0. The van der Waals surface area contributed by atoms with E-state index in [-0.39, 0.29) is 11.5 Å². The van der Waals surface area contributed by atoms with E-state index in [2.05, 4.69) is 9.97 Å². The summed E-state index contributed by atoms with van der Waals surface area (Å²) in [5, 5.41) is 0.482. The molecule has 0 spiro atoms. The molecule has 0 atom stereocenters. The van der Waals surface area contributed by atoms with Crippen LogP contribution in [0.3, 0.4) is 0 Å². The number of rotatable bonds is 4. The van der Waals surface area contributed by atoms with Crippen LogP contribution in [-0.4, -0.2) is 43.4 Å². The minimum atomic E-state index is -0.100. The molecule has 1 saturated heterocycles. The number of aromatic nitrogens is 2. The summed E-state index contributed by atoms with van der Waals surface area (Å²) in [5.41, 5.74) is 1.55. The van der Waals surface area contributed by atoms with E-state index in [1.807, 2.05) is 18.0 Å². The highest BCUT2D eigenvalue weighted by molar-refractivity contribution is 5.91. The van der Waals surface area contributed by atoms with Gasteiger partial charge in [-0.1, -0.05) is 0 Å². The molecule has 0 aliphatic carbocycles. The van der Waals surface area contributed by atoms with Gasteiger partial charge in [0.2, 0.25) is 5.88 Å². The molecule has 0 radical (unpaired) electrons. The molecule has 0 unspecified atom stereocenters. The minimum Gasteiger partial charge on any atom is -0.481 e. The molecular formula is C20H21N3O4. The quantitative estimate of drug-likeness (QED) is 0.702. The molecule has 0 N–H and O–H groups in total. The van der Waals surface area contributed by atoms with Crippen molar-refractivity contribution in [1.82, 2.24) is 9.97 Å². The molecule has 0 bridgehead atoms. The topological polar surface area (TPSA) is 77.7 Å². The molecule has 3 aromatic heterocycles. The molecule has 1 aliphatic rings. The van der Waals surface area contributed by atoms with Crippen LogP contribution in [0, 0.1) is 0 Å². The van der Waals surface area contributed by atoms with Crippen molar-refractivity contribution in [2.75, 3.05) is 32.3 Å². The van der Waals surface area contributed by atoms with Crippen molar-refractivity contribution < 1.29 is 13.9 Å². The number of hydrogen-bond donors (Lipinski definition) is 0. The standard InChI is InChI=1S/C20H21N3O4/c1-23(13-6-10-26-11-7-13)17-12-16(24)14-5-9-21-18(19(14)27-17)15-4-3-8-22-20(15)25-2/h3-5,8-9,12-13H,6-7,10-11H2,1-2H3. The second-order valence-electron chi connectivity index (χ2n) is 6.50. The Labute approximate surface area is 156 Å². The fourth-order valence-electron chi connectivity index (χ4n) is 3.42. The Hall–Kier alpha value is -2.93. The Morgan fingerprint density at radius 2 is 2.00 bits per heavy atom. The first-order valence-corrected chi connectivity index (χ1v) is 8.92. The van der Waals surface area contributed by atoms with Gasteiger partial charge < -0.3 is 18.8 Å². The van der Waals surface area contributed by atoms with E-state index in [4.69, 9.17) is 13.9 Å². The summed E-state index contributed by atoms with van der Waals surface area (Å²) < 4.78 is 17.0. The summed E-state index contributed by atoms with van der Waals surface area (Å²) in [6, 6.07) is 7.14. The van der Waals surface area contributed by atoms with Crippen LogP contribution in [-0.2, 0) is 4.74 Å². The molecule has 1 fully saturated rings. The second-order valence-corrected chi connectivity index (χ2v) is 6.50. The van der Waals surface area contributed by atoms with Gasteiger partial charge >= 0.3 is 0 Å². The lowest BCUT2D eigenvalue weighted by atomic mass is 10.1. The van der Waals surface area contributed by atoms with Crippen LogP contribution in [0.2, 0.25) is 0 Å². The van der Waals surface area contributed by atoms with Crippen LogP contribution in [0.15, 0.2) is 45.9 Å². The Kier molecular flexibility index (Phi) is 4.77. The number of methoxy groups -OCH3 is 1. The van der Waals surface area contributed by atoms with Crippen molar-refractivity contribution in [2.24, 2.45) is 0 Å². The molecule has 7 heteroatoms. The summed E-state index contributed by atoms with van der Waals surface area (Å²) in [6.45, 7) is 1.43. The van der Waals surface area contributed by atoms with Gasteiger partial charge in [-0.25, -0.2) is 4.98 Å². The summed E-state index contributed by atoms with van der Waals surface area (Å²) in [6.07, 6.45) is 5.04. The van der Waals surface area contributed by atoms with Gasteiger partial charge in [-0.15, -0.1) is 0 Å². The molecule has 7 nitrogen and oxygen atoms in total. The van der Waals surface area contributed by atoms with E-state index in [9.17, 15) is 4.79 Å². The van der Waals surface area contributed by atoms with Gasteiger partial charge in [0, 0.05) is 44.8 Å². The maximum Gasteiger partial charge on any atom is 0.222 e. The Balaban J connectivity index is 1.86. The minimum absolute atomic E-state index is 0.100. The van der Waals surface area contributed by atoms with Gasteiger partial charge in [0.15, 0.2) is 16.9 Å². The lowest BCUT2D eigenvalue weighted by molar-refractivity contribution is 0.0848. The van der Waals surface area contributed by atoms with Crippen LogP contribution in [0.1, 0.15) is 12.8 Å². The normalized spacial score (nSPS) is 15.0. The molecule has 4 heterocycles. The lowest BCUT2D eigenvalue weighted by Crippen LogP contribution is -2.37. The van der Waals surface area contributed by atoms with Crippen molar-refractivity contribution in [2.45, 2.75) is 18.9 Å². The number of pyridine rings is 2. The third-order valence-corrected chi connectivity index (χ3v) is 4.94. The van der Waals surface area contributed by atoms with Gasteiger partial charge in [0.1, 0.15) is 5.69 Å². The van der Waals surface area contributed by atoms with E-state index in [1.54, 1.807) is 37.7 Å². The predicted molar refractivity (Wildman–Crippen MR) is 102 cm³/mol. The monoisotopic (exact) mass is 367 g/mol. The average Bonchev–Trinajstić information content (AvgIpc) is 2.73. The van der Waals surface area contributed by atoms with E-state index in [1.165, 1.54) is 0 Å². The number of fused-ring (bicyclic) bond motifs is 1. The fraction of sp³-hybridized carbons (Fsp3) is 0.350. The third kappa shape index (κ3) is 3.26. The van der Waals surface area contributed by atoms with Crippen LogP contribution < -0.4 is 15.1 Å². The fourth-order valence-corrected chi connectivity index (χ4v) is 3.42. The van der Waals surface area contributed by atoms with Crippen LogP contribution in [0.4, 0.5) is 5.88 Å². The van der Waals surface area contributed by atoms with Crippen molar-refractivity contribution >= 4 is 16.9 Å². The first-order valence-electron chi connectivity index (χ1n) is 8.92. The molecule has 140 valence electrons. The highest BCUT2D eigenvalue weighted by Crippen LogP contribution is 2.33. The highest BCUT2D eigenvalue weighted by Gasteiger charge is 2.22. The summed E-state index contributed by atoms with van der Waals surface area (Å²) in [4.78, 5) is 23.4. The van der Waals surface area contributed by atoms with Crippen LogP contribution in [0.5, 0.6) is 5.88 Å². The van der Waals surface area contributed by atoms with E-state index < -0.39 is 0 Å². The largest absolute Gasteiger partial charge is 0.481 e. The Bertz CT molecular complexity index is 1010. The van der Waals surface area contributed by atoms with E-state index in [0.29, 0.717) is 47.2 Å². The molecule has 4 rings (SSSR count). The van der Waals surface area contributed by atoms with Gasteiger partial charge in [-0.2, -0.15) is 0 Å². The van der Waals surface area contributed by atoms with Gasteiger partial charge in [-0.3, -0.25) is 9.78 Å². The van der Waals surface area contributed by atoms with Crippen molar-refractivity contribution in [3.63, 3.8) is 0 Å². The Morgan fingerprint density at radius 3 is 2.78 bits per heavy atom. The first-order chi connectivity index (χ1) is 13.2. The van der Waals surface area contributed by atoms with Gasteiger partial charge in [0.05, 0.1) is 18.1 Å². The summed E-state index contributed by atoms with van der Waals surface area (Å²) in [7, 11) is 3.50. The molecule has 1 aliphatic heterocycles. The maximum atomic E-state index is 12.7. The smallest absolute Gasteiger partial charge is 0.222 e.